The fourth-order valence-corrected chi connectivity index (χ4v) is 4.74. The quantitative estimate of drug-likeness (QED) is 0.589. The number of fused-ring (bicyclic) bond motifs is 1. The van der Waals surface area contributed by atoms with Gasteiger partial charge in [0.25, 0.3) is 0 Å². The van der Waals surface area contributed by atoms with E-state index in [1.54, 1.807) is 6.92 Å². The Bertz CT molecular complexity index is 789. The van der Waals surface area contributed by atoms with Gasteiger partial charge in [-0.15, -0.1) is 0 Å². The first-order valence-electron chi connectivity index (χ1n) is 9.78. The van der Waals surface area contributed by atoms with Gasteiger partial charge in [-0.3, -0.25) is 14.5 Å². The zero-order chi connectivity index (χ0) is 20.8. The highest BCUT2D eigenvalue weighted by molar-refractivity contribution is 6.08. The van der Waals surface area contributed by atoms with Crippen molar-refractivity contribution >= 4 is 23.5 Å². The molecule has 7 nitrogen and oxygen atoms in total. The Morgan fingerprint density at radius 3 is 2.32 bits per heavy atom. The van der Waals surface area contributed by atoms with Crippen LogP contribution in [0.15, 0.2) is 24.3 Å². The van der Waals surface area contributed by atoms with Crippen molar-refractivity contribution in [2.45, 2.75) is 32.4 Å². The van der Waals surface area contributed by atoms with Crippen LogP contribution in [0.4, 0.5) is 5.69 Å². The lowest BCUT2D eigenvalue weighted by Crippen LogP contribution is -2.99. The van der Waals surface area contributed by atoms with E-state index in [0.29, 0.717) is 0 Å². The summed E-state index contributed by atoms with van der Waals surface area (Å²) < 4.78 is 5.39. The van der Waals surface area contributed by atoms with Crippen molar-refractivity contribution in [2.24, 2.45) is 17.8 Å². The summed E-state index contributed by atoms with van der Waals surface area (Å²) >= 11 is 0. The molecule has 2 heterocycles. The lowest BCUT2D eigenvalue weighted by atomic mass is 9.73. The number of benzene rings is 1. The van der Waals surface area contributed by atoms with E-state index >= 15 is 0 Å². The summed E-state index contributed by atoms with van der Waals surface area (Å²) in [5.41, 5.74) is 0.872. The van der Waals surface area contributed by atoms with Gasteiger partial charge in [-0.1, -0.05) is 26.0 Å². The van der Waals surface area contributed by atoms with Crippen LogP contribution in [0.5, 0.6) is 0 Å². The second-order valence-electron chi connectivity index (χ2n) is 8.23. The number of nitrogens with two attached hydrogens (primary N) is 1. The zero-order valence-electron chi connectivity index (χ0n) is 17.4. The van der Waals surface area contributed by atoms with Crippen molar-refractivity contribution in [1.82, 2.24) is 4.90 Å². The van der Waals surface area contributed by atoms with E-state index in [0.717, 1.165) is 11.3 Å². The average Bonchev–Trinajstić information content (AvgIpc) is 3.13. The molecule has 7 heteroatoms. The molecule has 152 valence electrons. The van der Waals surface area contributed by atoms with Crippen LogP contribution in [0.25, 0.3) is 0 Å². The van der Waals surface area contributed by atoms with Crippen molar-refractivity contribution in [3.8, 4) is 0 Å². The molecule has 2 fully saturated rings. The predicted octanol–water partition coefficient (Wildman–Crippen LogP) is 0.560. The summed E-state index contributed by atoms with van der Waals surface area (Å²) in [6.45, 7) is 5.82. The van der Waals surface area contributed by atoms with E-state index in [1.807, 2.05) is 62.4 Å². The fourth-order valence-electron chi connectivity index (χ4n) is 4.74. The van der Waals surface area contributed by atoms with Gasteiger partial charge in [-0.05, 0) is 19.1 Å². The number of hydrogen-bond acceptors (Lipinski definition) is 5. The molecule has 28 heavy (non-hydrogen) atoms. The summed E-state index contributed by atoms with van der Waals surface area (Å²) in [6, 6.07) is 7.62. The molecular weight excluding hydrogens is 358 g/mol. The molecule has 2 N–H and O–H groups in total. The Morgan fingerprint density at radius 1 is 1.21 bits per heavy atom. The number of ether oxygens (including phenoxy) is 1. The number of carbonyl (C=O) groups is 3. The van der Waals surface area contributed by atoms with Crippen LogP contribution in [0.3, 0.4) is 0 Å². The first kappa shape index (κ1) is 20.3. The van der Waals surface area contributed by atoms with E-state index in [9.17, 15) is 14.4 Å². The molecule has 2 aliphatic rings. The fraction of sp³-hybridized carbons (Fsp3) is 0.571. The molecule has 2 aliphatic heterocycles. The van der Waals surface area contributed by atoms with Gasteiger partial charge in [0.2, 0.25) is 17.4 Å². The van der Waals surface area contributed by atoms with E-state index in [1.165, 1.54) is 11.9 Å². The number of rotatable bonds is 5. The van der Waals surface area contributed by atoms with Crippen molar-refractivity contribution in [3.05, 3.63) is 29.8 Å². The molecule has 0 saturated carbocycles. The molecule has 2 saturated heterocycles. The third kappa shape index (κ3) is 2.80. The monoisotopic (exact) mass is 388 g/mol. The Balaban J connectivity index is 2.11. The number of nitrogens with zero attached hydrogens (tertiary/aromatic N) is 2. The maximum absolute atomic E-state index is 13.1. The Morgan fingerprint density at radius 2 is 1.82 bits per heavy atom. The molecule has 4 atom stereocenters. The van der Waals surface area contributed by atoms with E-state index < -0.39 is 23.3 Å². The first-order valence-corrected chi connectivity index (χ1v) is 9.78. The smallest absolute Gasteiger partial charge is 0.369 e. The molecule has 0 radical (unpaired) electrons. The zero-order valence-corrected chi connectivity index (χ0v) is 17.4. The second kappa shape index (κ2) is 7.20. The number of esters is 1. The van der Waals surface area contributed by atoms with Crippen LogP contribution in [0.1, 0.15) is 32.4 Å². The molecule has 1 aromatic rings. The van der Waals surface area contributed by atoms with Crippen molar-refractivity contribution in [3.63, 3.8) is 0 Å². The number of anilines is 1. The lowest BCUT2D eigenvalue weighted by Gasteiger charge is -2.32. The minimum Gasteiger partial charge on any atom is -0.461 e. The molecular formula is C21H30N3O4+. The van der Waals surface area contributed by atoms with Crippen LogP contribution in [-0.4, -0.2) is 56.0 Å². The van der Waals surface area contributed by atoms with E-state index in [-0.39, 0.29) is 30.4 Å². The van der Waals surface area contributed by atoms with Crippen LogP contribution in [-0.2, 0) is 19.1 Å². The molecule has 2 amide bonds. The summed E-state index contributed by atoms with van der Waals surface area (Å²) in [4.78, 5) is 42.3. The number of quaternary nitrogens is 1. The maximum Gasteiger partial charge on any atom is 0.369 e. The topological polar surface area (TPSA) is 83.5 Å². The Hall–Kier alpha value is -2.41. The van der Waals surface area contributed by atoms with Gasteiger partial charge < -0.3 is 15.0 Å². The van der Waals surface area contributed by atoms with Gasteiger partial charge in [0.15, 0.2) is 0 Å². The summed E-state index contributed by atoms with van der Waals surface area (Å²) in [5.74, 6) is -2.39. The van der Waals surface area contributed by atoms with Crippen LogP contribution in [0, 0.1) is 17.8 Å². The number of likely N-dealkylation sites (tertiary alicyclic amines) is 1. The van der Waals surface area contributed by atoms with Gasteiger partial charge in [0, 0.05) is 38.3 Å². The van der Waals surface area contributed by atoms with Gasteiger partial charge in [0.1, 0.15) is 17.9 Å². The molecule has 1 aromatic carbocycles. The average molecular weight is 388 g/mol. The summed E-state index contributed by atoms with van der Waals surface area (Å²) in [6.07, 6.45) is 0. The Kier molecular flexibility index (Phi) is 5.23. The predicted molar refractivity (Wildman–Crippen MR) is 104 cm³/mol. The standard InChI is InChI=1S/C21H29N3O4/c1-7-28-20(27)21(12(2)3)16-15(18(25)24(6)19(16)26)17(22-21)13-8-10-14(11-9-13)23(4)5/h8-12,15-17,22H,7H2,1-6H3/p+1/t15-,16-,17-,21-/m0/s1. The van der Waals surface area contributed by atoms with Crippen LogP contribution >= 0.6 is 0 Å². The highest BCUT2D eigenvalue weighted by Crippen LogP contribution is 2.46. The van der Waals surface area contributed by atoms with Gasteiger partial charge in [0.05, 0.1) is 6.61 Å². The van der Waals surface area contributed by atoms with E-state index in [2.05, 4.69) is 0 Å². The number of hydrogen-bond donors (Lipinski definition) is 1. The van der Waals surface area contributed by atoms with Gasteiger partial charge >= 0.3 is 5.97 Å². The van der Waals surface area contributed by atoms with Crippen LogP contribution in [0.2, 0.25) is 0 Å². The maximum atomic E-state index is 13.1. The Labute approximate surface area is 166 Å². The molecule has 0 aliphatic carbocycles. The van der Waals surface area contributed by atoms with Gasteiger partial charge in [-0.25, -0.2) is 4.79 Å². The minimum absolute atomic E-state index is 0.173. The molecule has 0 spiro atoms. The largest absolute Gasteiger partial charge is 0.461 e. The molecule has 3 rings (SSSR count). The van der Waals surface area contributed by atoms with Crippen molar-refractivity contribution < 1.29 is 24.4 Å². The second-order valence-corrected chi connectivity index (χ2v) is 8.23. The molecule has 0 bridgehead atoms. The number of imide groups is 1. The normalized spacial score (nSPS) is 29.4. The van der Waals surface area contributed by atoms with Crippen LogP contribution < -0.4 is 10.2 Å². The van der Waals surface area contributed by atoms with Gasteiger partial charge in [-0.2, -0.15) is 0 Å². The summed E-state index contributed by atoms with van der Waals surface area (Å²) in [5, 5.41) is 1.92. The highest BCUT2D eigenvalue weighted by atomic mass is 16.5. The molecule has 0 aromatic heterocycles. The minimum atomic E-state index is -1.11. The third-order valence-corrected chi connectivity index (χ3v) is 6.31. The first-order chi connectivity index (χ1) is 13.2. The number of carbonyl (C=O) groups excluding carboxylic acids is 3. The van der Waals surface area contributed by atoms with E-state index in [4.69, 9.17) is 4.74 Å². The SMILES string of the molecule is CCOC(=O)[C@@]1(C(C)C)[NH2+][C@@H](c2ccc(N(C)C)cc2)[C@H]2C(=O)N(C)C(=O)[C@H]21. The summed E-state index contributed by atoms with van der Waals surface area (Å²) in [7, 11) is 5.43. The third-order valence-electron chi connectivity index (χ3n) is 6.31. The lowest BCUT2D eigenvalue weighted by molar-refractivity contribution is -0.740. The van der Waals surface area contributed by atoms with Crippen molar-refractivity contribution in [1.29, 1.82) is 0 Å². The van der Waals surface area contributed by atoms with Crippen molar-refractivity contribution in [2.75, 3.05) is 32.6 Å². The molecule has 0 unspecified atom stereocenters. The number of amides is 2. The highest BCUT2D eigenvalue weighted by Gasteiger charge is 2.73.